The van der Waals surface area contributed by atoms with E-state index in [1.165, 1.54) is 18.1 Å². The monoisotopic (exact) mass is 366 g/mol. The Morgan fingerprint density at radius 3 is 2.77 bits per heavy atom. The molecule has 0 unspecified atom stereocenters. The van der Waals surface area contributed by atoms with Gasteiger partial charge in [0.05, 0.1) is 11.3 Å². The molecule has 0 saturated heterocycles. The fourth-order valence-corrected chi connectivity index (χ4v) is 3.22. The van der Waals surface area contributed by atoms with Crippen LogP contribution >= 0.6 is 11.8 Å². The van der Waals surface area contributed by atoms with Gasteiger partial charge in [-0.1, -0.05) is 36.0 Å². The van der Waals surface area contributed by atoms with E-state index in [2.05, 4.69) is 20.6 Å². The molecule has 6 nitrogen and oxygen atoms in total. The van der Waals surface area contributed by atoms with E-state index >= 15 is 0 Å². The largest absolute Gasteiger partial charge is 0.352 e. The summed E-state index contributed by atoms with van der Waals surface area (Å²) in [5, 5.41) is 7.24. The topological polar surface area (TPSA) is 84.0 Å². The minimum Gasteiger partial charge on any atom is -0.352 e. The second-order valence-electron chi connectivity index (χ2n) is 5.47. The number of aromatic nitrogens is 2. The van der Waals surface area contributed by atoms with Crippen LogP contribution in [-0.2, 0) is 4.79 Å². The summed E-state index contributed by atoms with van der Waals surface area (Å²) in [7, 11) is 0. The number of anilines is 1. The molecule has 0 saturated carbocycles. The van der Waals surface area contributed by atoms with Gasteiger partial charge in [0.1, 0.15) is 11.4 Å². The van der Waals surface area contributed by atoms with E-state index in [4.69, 9.17) is 0 Å². The highest BCUT2D eigenvalue weighted by Crippen LogP contribution is 2.24. The second-order valence-corrected chi connectivity index (χ2v) is 6.44. The van der Waals surface area contributed by atoms with Crippen molar-refractivity contribution in [2.45, 2.75) is 11.9 Å². The first-order valence-electron chi connectivity index (χ1n) is 8.18. The van der Waals surface area contributed by atoms with Gasteiger partial charge in [-0.25, -0.2) is 9.97 Å². The lowest BCUT2D eigenvalue weighted by Gasteiger charge is -2.08. The van der Waals surface area contributed by atoms with Crippen LogP contribution in [0.1, 0.15) is 17.3 Å². The van der Waals surface area contributed by atoms with Crippen LogP contribution in [0.5, 0.6) is 0 Å². The lowest BCUT2D eigenvalue weighted by molar-refractivity contribution is -0.113. The Morgan fingerprint density at radius 2 is 1.92 bits per heavy atom. The third kappa shape index (κ3) is 4.37. The van der Waals surface area contributed by atoms with Crippen LogP contribution in [-0.4, -0.2) is 34.1 Å². The maximum Gasteiger partial charge on any atom is 0.251 e. The van der Waals surface area contributed by atoms with Gasteiger partial charge in [-0.2, -0.15) is 0 Å². The van der Waals surface area contributed by atoms with Crippen LogP contribution in [0, 0.1) is 0 Å². The summed E-state index contributed by atoms with van der Waals surface area (Å²) in [4.78, 5) is 32.6. The molecule has 0 fully saturated rings. The predicted octanol–water partition coefficient (Wildman–Crippen LogP) is 3.11. The average molecular weight is 366 g/mol. The van der Waals surface area contributed by atoms with Crippen LogP contribution in [0.3, 0.4) is 0 Å². The van der Waals surface area contributed by atoms with Crippen LogP contribution < -0.4 is 10.6 Å². The maximum atomic E-state index is 12.3. The van der Waals surface area contributed by atoms with E-state index in [1.807, 2.05) is 31.2 Å². The van der Waals surface area contributed by atoms with Gasteiger partial charge >= 0.3 is 0 Å². The zero-order valence-corrected chi connectivity index (χ0v) is 15.0. The van der Waals surface area contributed by atoms with Crippen molar-refractivity contribution in [2.75, 3.05) is 17.6 Å². The Kier molecular flexibility index (Phi) is 5.80. The van der Waals surface area contributed by atoms with Gasteiger partial charge in [-0.15, -0.1) is 0 Å². The quantitative estimate of drug-likeness (QED) is 0.517. The summed E-state index contributed by atoms with van der Waals surface area (Å²) in [6.45, 7) is 2.41. The number of nitrogens with one attached hydrogen (secondary N) is 2. The Morgan fingerprint density at radius 1 is 1.08 bits per heavy atom. The summed E-state index contributed by atoms with van der Waals surface area (Å²) >= 11 is 1.35. The van der Waals surface area contributed by atoms with Gasteiger partial charge < -0.3 is 10.6 Å². The summed E-state index contributed by atoms with van der Waals surface area (Å²) in [5.74, 6) is -0.108. The van der Waals surface area contributed by atoms with Crippen LogP contribution in [0.15, 0.2) is 59.9 Å². The number of nitrogens with zero attached hydrogens (tertiary/aromatic N) is 2. The van der Waals surface area contributed by atoms with E-state index in [0.717, 1.165) is 15.9 Å². The highest BCUT2D eigenvalue weighted by atomic mass is 32.2. The molecule has 2 N–H and O–H groups in total. The van der Waals surface area contributed by atoms with Crippen molar-refractivity contribution in [1.82, 2.24) is 15.3 Å². The average Bonchev–Trinajstić information content (AvgIpc) is 2.67. The molecular weight excluding hydrogens is 348 g/mol. The van der Waals surface area contributed by atoms with Crippen LogP contribution in [0.4, 0.5) is 5.69 Å². The van der Waals surface area contributed by atoms with Crippen molar-refractivity contribution in [2.24, 2.45) is 0 Å². The number of para-hydroxylation sites is 1. The Balaban J connectivity index is 1.64. The Bertz CT molecular complexity index is 940. The van der Waals surface area contributed by atoms with Gasteiger partial charge in [0.15, 0.2) is 0 Å². The molecular formula is C19H18N4O2S. The van der Waals surface area contributed by atoms with E-state index in [0.29, 0.717) is 17.8 Å². The van der Waals surface area contributed by atoms with Crippen LogP contribution in [0.2, 0.25) is 0 Å². The van der Waals surface area contributed by atoms with Gasteiger partial charge in [-0.05, 0) is 31.2 Å². The fraction of sp³-hybridized carbons (Fsp3) is 0.158. The Hall–Kier alpha value is -2.93. The van der Waals surface area contributed by atoms with E-state index in [9.17, 15) is 9.59 Å². The van der Waals surface area contributed by atoms with Crippen molar-refractivity contribution in [3.05, 3.63) is 60.4 Å². The zero-order chi connectivity index (χ0) is 18.4. The van der Waals surface area contributed by atoms with Gasteiger partial charge in [0, 0.05) is 23.2 Å². The highest BCUT2D eigenvalue weighted by molar-refractivity contribution is 8.00. The molecule has 3 aromatic rings. The van der Waals surface area contributed by atoms with E-state index in [-0.39, 0.29) is 17.6 Å². The second kappa shape index (κ2) is 8.44. The molecule has 0 radical (unpaired) electrons. The number of rotatable bonds is 6. The van der Waals surface area contributed by atoms with Crippen molar-refractivity contribution in [3.63, 3.8) is 0 Å². The third-order valence-corrected chi connectivity index (χ3v) is 4.60. The molecule has 7 heteroatoms. The summed E-state index contributed by atoms with van der Waals surface area (Å²) in [6.07, 6.45) is 1.50. The molecule has 0 aliphatic carbocycles. The number of hydrogen-bond donors (Lipinski definition) is 2. The minimum atomic E-state index is -0.162. The molecule has 0 spiro atoms. The number of benzene rings is 2. The van der Waals surface area contributed by atoms with Crippen molar-refractivity contribution >= 4 is 40.2 Å². The lowest BCUT2D eigenvalue weighted by Crippen LogP contribution is -2.23. The molecule has 1 aromatic heterocycles. The number of hydrogen-bond acceptors (Lipinski definition) is 5. The SMILES string of the molecule is CCNC(=O)c1cccc(NC(=O)CSc2ncnc3ccccc23)c1. The smallest absolute Gasteiger partial charge is 0.251 e. The van der Waals surface area contributed by atoms with Crippen molar-refractivity contribution < 1.29 is 9.59 Å². The van der Waals surface area contributed by atoms with Gasteiger partial charge in [0.2, 0.25) is 5.91 Å². The maximum absolute atomic E-state index is 12.3. The number of amides is 2. The summed E-state index contributed by atoms with van der Waals surface area (Å²) in [6, 6.07) is 14.5. The molecule has 0 atom stereocenters. The summed E-state index contributed by atoms with van der Waals surface area (Å²) in [5.41, 5.74) is 1.95. The fourth-order valence-electron chi connectivity index (χ4n) is 2.43. The number of fused-ring (bicyclic) bond motifs is 1. The summed E-state index contributed by atoms with van der Waals surface area (Å²) < 4.78 is 0. The zero-order valence-electron chi connectivity index (χ0n) is 14.2. The Labute approximate surface area is 155 Å². The van der Waals surface area contributed by atoms with Crippen LogP contribution in [0.25, 0.3) is 10.9 Å². The van der Waals surface area contributed by atoms with E-state index in [1.54, 1.807) is 24.3 Å². The predicted molar refractivity (Wildman–Crippen MR) is 103 cm³/mol. The van der Waals surface area contributed by atoms with Gasteiger partial charge in [-0.3, -0.25) is 9.59 Å². The first kappa shape index (κ1) is 17.9. The molecule has 2 amide bonds. The van der Waals surface area contributed by atoms with Crippen molar-refractivity contribution in [1.29, 1.82) is 0 Å². The first-order valence-corrected chi connectivity index (χ1v) is 9.16. The molecule has 26 heavy (non-hydrogen) atoms. The molecule has 1 heterocycles. The number of carbonyl (C=O) groups excluding carboxylic acids is 2. The minimum absolute atomic E-state index is 0.161. The molecule has 2 aromatic carbocycles. The molecule has 132 valence electrons. The highest BCUT2D eigenvalue weighted by Gasteiger charge is 2.10. The number of carbonyl (C=O) groups is 2. The standard InChI is InChI=1S/C19H18N4O2S/c1-2-20-18(25)13-6-5-7-14(10-13)23-17(24)11-26-19-15-8-3-4-9-16(15)21-12-22-19/h3-10,12H,2,11H2,1H3,(H,20,25)(H,23,24). The van der Waals surface area contributed by atoms with Gasteiger partial charge in [0.25, 0.3) is 5.91 Å². The van der Waals surface area contributed by atoms with Crippen molar-refractivity contribution in [3.8, 4) is 0 Å². The third-order valence-electron chi connectivity index (χ3n) is 3.59. The lowest BCUT2D eigenvalue weighted by atomic mass is 10.2. The molecule has 0 aliphatic rings. The molecule has 0 aliphatic heterocycles. The number of thioether (sulfide) groups is 1. The molecule has 0 bridgehead atoms. The van der Waals surface area contributed by atoms with E-state index < -0.39 is 0 Å². The normalized spacial score (nSPS) is 10.5. The molecule has 3 rings (SSSR count). The first-order chi connectivity index (χ1) is 12.7.